The van der Waals surface area contributed by atoms with Crippen molar-refractivity contribution in [1.29, 1.82) is 0 Å². The van der Waals surface area contributed by atoms with E-state index in [1.165, 1.54) is 22.6 Å². The number of benzene rings is 2. The second-order valence-corrected chi connectivity index (χ2v) is 8.73. The minimum absolute atomic E-state index is 0.104. The van der Waals surface area contributed by atoms with Crippen LogP contribution in [0.4, 0.5) is 0 Å². The number of Topliss-reactive ketones (excluding diaryl/α,β-unsaturated/α-hetero) is 1. The van der Waals surface area contributed by atoms with Crippen LogP contribution in [-0.2, 0) is 17.8 Å². The van der Waals surface area contributed by atoms with Gasteiger partial charge in [0.15, 0.2) is 16.9 Å². The molecule has 2 aromatic heterocycles. The van der Waals surface area contributed by atoms with Gasteiger partial charge in [0.1, 0.15) is 5.75 Å². The minimum atomic E-state index is -0.560. The van der Waals surface area contributed by atoms with E-state index in [1.807, 2.05) is 0 Å². The van der Waals surface area contributed by atoms with Crippen molar-refractivity contribution in [3.8, 4) is 11.4 Å². The molecule has 0 N–H and O–H groups in total. The van der Waals surface area contributed by atoms with E-state index in [1.54, 1.807) is 48.5 Å². The summed E-state index contributed by atoms with van der Waals surface area (Å²) in [5.41, 5.74) is 0.0176. The fraction of sp³-hybridized carbons (Fsp3) is 0.280. The highest BCUT2D eigenvalue weighted by atomic mass is 35.5. The summed E-state index contributed by atoms with van der Waals surface area (Å²) in [4.78, 5) is 44.5. The lowest BCUT2D eigenvalue weighted by molar-refractivity contribution is 0.0947. The lowest BCUT2D eigenvalue weighted by Gasteiger charge is -2.16. The molecule has 3 heterocycles. The first kappa shape index (κ1) is 23.1. The quantitative estimate of drug-likeness (QED) is 0.366. The topological polar surface area (TPSA) is 97.4 Å². The Balaban J connectivity index is 1.67. The average molecular weight is 495 g/mol. The molecule has 1 saturated heterocycles. The summed E-state index contributed by atoms with van der Waals surface area (Å²) >= 11 is 6.42. The maximum atomic E-state index is 13.6. The number of nitrogens with zero attached hydrogens (tertiary/aromatic N) is 4. The smallest absolute Gasteiger partial charge is 0.337 e. The molecule has 0 unspecified atom stereocenters. The third kappa shape index (κ3) is 4.28. The zero-order chi connectivity index (χ0) is 24.5. The molecule has 180 valence electrons. The largest absolute Gasteiger partial charge is 0.497 e. The molecule has 5 rings (SSSR count). The summed E-state index contributed by atoms with van der Waals surface area (Å²) < 4.78 is 14.8. The molecule has 1 aliphatic rings. The standard InChI is InChI=1S/C25H23ClN4O5/c1-34-17-7-4-6-16(12-17)21(31)14-28-15-27-23-22(28)24(32)29(13-18-8-5-11-35-18)25(33)30(23)20-10-3-2-9-19(20)26/h2-4,6-7,9-10,12,15,18H,5,8,11,13-14H2,1H3/t18-/m1/s1. The molecule has 0 bridgehead atoms. The van der Waals surface area contributed by atoms with Gasteiger partial charge in [0.05, 0.1) is 43.3 Å². The molecular weight excluding hydrogens is 472 g/mol. The molecule has 0 radical (unpaired) electrons. The fourth-order valence-electron chi connectivity index (χ4n) is 4.35. The van der Waals surface area contributed by atoms with Gasteiger partial charge in [0.25, 0.3) is 5.56 Å². The van der Waals surface area contributed by atoms with Crippen molar-refractivity contribution in [2.24, 2.45) is 0 Å². The molecule has 35 heavy (non-hydrogen) atoms. The minimum Gasteiger partial charge on any atom is -0.497 e. The molecular formula is C25H23ClN4O5. The molecule has 4 aromatic rings. The second kappa shape index (κ2) is 9.52. The number of hydrogen-bond acceptors (Lipinski definition) is 6. The zero-order valence-corrected chi connectivity index (χ0v) is 19.8. The molecule has 2 aromatic carbocycles. The zero-order valence-electron chi connectivity index (χ0n) is 19.0. The Hall–Kier alpha value is -3.69. The molecule has 9 nitrogen and oxygen atoms in total. The Kier molecular flexibility index (Phi) is 6.27. The van der Waals surface area contributed by atoms with E-state index in [4.69, 9.17) is 21.1 Å². The predicted octanol–water partition coefficient (Wildman–Crippen LogP) is 3.07. The molecule has 10 heteroatoms. The number of rotatable bonds is 7. The Morgan fingerprint density at radius 2 is 2.03 bits per heavy atom. The maximum Gasteiger partial charge on any atom is 0.337 e. The van der Waals surface area contributed by atoms with Gasteiger partial charge in [-0.05, 0) is 37.1 Å². The van der Waals surface area contributed by atoms with Crippen LogP contribution in [0.15, 0.2) is 64.4 Å². The molecule has 0 saturated carbocycles. The third-order valence-electron chi connectivity index (χ3n) is 6.11. The summed E-state index contributed by atoms with van der Waals surface area (Å²) in [7, 11) is 1.53. The van der Waals surface area contributed by atoms with E-state index in [0.717, 1.165) is 17.4 Å². The number of aromatic nitrogens is 4. The van der Waals surface area contributed by atoms with Gasteiger partial charge < -0.3 is 14.0 Å². The van der Waals surface area contributed by atoms with Gasteiger partial charge >= 0.3 is 5.69 Å². The lowest BCUT2D eigenvalue weighted by Crippen LogP contribution is -2.42. The molecule has 0 aliphatic carbocycles. The van der Waals surface area contributed by atoms with E-state index in [2.05, 4.69) is 4.98 Å². The maximum absolute atomic E-state index is 13.6. The molecule has 1 fully saturated rings. The number of methoxy groups -OCH3 is 1. The number of halogens is 1. The van der Waals surface area contributed by atoms with Gasteiger partial charge in [-0.3, -0.25) is 14.2 Å². The van der Waals surface area contributed by atoms with Gasteiger partial charge in [0.2, 0.25) is 0 Å². The van der Waals surface area contributed by atoms with Crippen LogP contribution in [0, 0.1) is 0 Å². The van der Waals surface area contributed by atoms with Crippen LogP contribution < -0.4 is 16.0 Å². The van der Waals surface area contributed by atoms with Crippen LogP contribution in [0.3, 0.4) is 0 Å². The summed E-state index contributed by atoms with van der Waals surface area (Å²) in [5, 5.41) is 0.334. The van der Waals surface area contributed by atoms with Crippen molar-refractivity contribution in [3.05, 3.63) is 86.3 Å². The average Bonchev–Trinajstić information content (AvgIpc) is 3.53. The van der Waals surface area contributed by atoms with Crippen molar-refractivity contribution in [2.45, 2.75) is 32.0 Å². The Morgan fingerprint density at radius 3 is 2.77 bits per heavy atom. The highest BCUT2D eigenvalue weighted by Crippen LogP contribution is 2.22. The van der Waals surface area contributed by atoms with E-state index in [-0.39, 0.29) is 36.1 Å². The number of imidazole rings is 1. The fourth-order valence-corrected chi connectivity index (χ4v) is 4.57. The van der Waals surface area contributed by atoms with Crippen molar-refractivity contribution < 1.29 is 14.3 Å². The summed E-state index contributed by atoms with van der Waals surface area (Å²) in [6.07, 6.45) is 2.77. The van der Waals surface area contributed by atoms with Gasteiger partial charge in [-0.2, -0.15) is 0 Å². The second-order valence-electron chi connectivity index (χ2n) is 8.32. The predicted molar refractivity (Wildman–Crippen MR) is 131 cm³/mol. The normalized spacial score (nSPS) is 15.5. The molecule has 1 aliphatic heterocycles. The number of ketones is 1. The van der Waals surface area contributed by atoms with Crippen molar-refractivity contribution in [2.75, 3.05) is 13.7 Å². The van der Waals surface area contributed by atoms with Crippen LogP contribution >= 0.6 is 11.6 Å². The monoisotopic (exact) mass is 494 g/mol. The Labute approximate surface area is 205 Å². The number of fused-ring (bicyclic) bond motifs is 1. The third-order valence-corrected chi connectivity index (χ3v) is 6.43. The first-order valence-corrected chi connectivity index (χ1v) is 11.6. The van der Waals surface area contributed by atoms with Crippen molar-refractivity contribution >= 4 is 28.5 Å². The Bertz CT molecular complexity index is 1530. The van der Waals surface area contributed by atoms with Gasteiger partial charge in [-0.1, -0.05) is 35.9 Å². The number of para-hydroxylation sites is 1. The van der Waals surface area contributed by atoms with Crippen LogP contribution in [0.5, 0.6) is 5.75 Å². The summed E-state index contributed by atoms with van der Waals surface area (Å²) in [6, 6.07) is 13.6. The van der Waals surface area contributed by atoms with Crippen molar-refractivity contribution in [3.63, 3.8) is 0 Å². The molecule has 1 atom stereocenters. The molecule has 0 spiro atoms. The van der Waals surface area contributed by atoms with Gasteiger partial charge in [0, 0.05) is 12.2 Å². The highest BCUT2D eigenvalue weighted by molar-refractivity contribution is 6.32. The number of carbonyl (C=O) groups is 1. The van der Waals surface area contributed by atoms with Crippen molar-refractivity contribution in [1.82, 2.24) is 18.7 Å². The van der Waals surface area contributed by atoms with E-state index in [0.29, 0.717) is 28.6 Å². The lowest BCUT2D eigenvalue weighted by atomic mass is 10.1. The van der Waals surface area contributed by atoms with Crippen LogP contribution in [-0.4, -0.2) is 44.3 Å². The SMILES string of the molecule is COc1cccc(C(=O)Cn2cnc3c2c(=O)n(C[C@H]2CCCO2)c(=O)n3-c2ccccc2Cl)c1. The van der Waals surface area contributed by atoms with Gasteiger partial charge in [-0.15, -0.1) is 0 Å². The summed E-state index contributed by atoms with van der Waals surface area (Å²) in [6.45, 7) is 0.556. The van der Waals surface area contributed by atoms with Crippen LogP contribution in [0.2, 0.25) is 5.02 Å². The van der Waals surface area contributed by atoms with Crippen LogP contribution in [0.25, 0.3) is 16.9 Å². The first-order chi connectivity index (χ1) is 17.0. The number of ether oxygens (including phenoxy) is 2. The number of carbonyl (C=O) groups excluding carboxylic acids is 1. The van der Waals surface area contributed by atoms with E-state index < -0.39 is 11.2 Å². The highest BCUT2D eigenvalue weighted by Gasteiger charge is 2.24. The summed E-state index contributed by atoms with van der Waals surface area (Å²) in [5.74, 6) is 0.321. The van der Waals surface area contributed by atoms with Gasteiger partial charge in [-0.25, -0.2) is 14.3 Å². The van der Waals surface area contributed by atoms with E-state index in [9.17, 15) is 14.4 Å². The first-order valence-electron chi connectivity index (χ1n) is 11.2. The molecule has 0 amide bonds. The van der Waals surface area contributed by atoms with E-state index >= 15 is 0 Å². The Morgan fingerprint density at radius 1 is 1.20 bits per heavy atom. The van der Waals surface area contributed by atoms with Crippen LogP contribution in [0.1, 0.15) is 23.2 Å². The number of hydrogen-bond donors (Lipinski definition) is 0.